The summed E-state index contributed by atoms with van der Waals surface area (Å²) in [5.74, 6) is -0.0569. The first-order chi connectivity index (χ1) is 12.1. The minimum atomic E-state index is -0.333. The number of anilines is 2. The van der Waals surface area contributed by atoms with Gasteiger partial charge in [0.2, 0.25) is 0 Å². The summed E-state index contributed by atoms with van der Waals surface area (Å²) in [7, 11) is 0. The van der Waals surface area contributed by atoms with Crippen LogP contribution in [-0.2, 0) is 6.54 Å². The topological polar surface area (TPSA) is 54.0 Å². The summed E-state index contributed by atoms with van der Waals surface area (Å²) in [6.07, 6.45) is 1.46. The first-order valence-corrected chi connectivity index (χ1v) is 8.00. The summed E-state index contributed by atoms with van der Waals surface area (Å²) in [6, 6.07) is 16.7. The molecule has 2 aromatic carbocycles. The van der Waals surface area contributed by atoms with Gasteiger partial charge in [-0.3, -0.25) is 4.79 Å². The van der Waals surface area contributed by atoms with E-state index in [0.29, 0.717) is 28.6 Å². The van der Waals surface area contributed by atoms with E-state index in [-0.39, 0.29) is 11.7 Å². The Morgan fingerprint density at radius 3 is 2.64 bits per heavy atom. The molecule has 0 radical (unpaired) electrons. The number of rotatable bonds is 5. The zero-order valence-corrected chi connectivity index (χ0v) is 13.9. The molecule has 0 fully saturated rings. The third-order valence-electron chi connectivity index (χ3n) is 3.52. The number of aromatic nitrogens is 1. The summed E-state index contributed by atoms with van der Waals surface area (Å²) >= 11 is 6.06. The lowest BCUT2D eigenvalue weighted by atomic mass is 10.2. The highest BCUT2D eigenvalue weighted by Crippen LogP contribution is 2.16. The molecule has 2 N–H and O–H groups in total. The van der Waals surface area contributed by atoms with Crippen molar-refractivity contribution in [3.8, 4) is 0 Å². The van der Waals surface area contributed by atoms with Crippen LogP contribution in [0.4, 0.5) is 15.9 Å². The molecule has 126 valence electrons. The van der Waals surface area contributed by atoms with Crippen LogP contribution in [0.5, 0.6) is 0 Å². The van der Waals surface area contributed by atoms with Gasteiger partial charge in [0.05, 0.1) is 5.56 Å². The Labute approximate surface area is 149 Å². The fraction of sp³-hybridized carbons (Fsp3) is 0.0526. The van der Waals surface area contributed by atoms with Crippen molar-refractivity contribution >= 4 is 29.0 Å². The maximum atomic E-state index is 13.2. The van der Waals surface area contributed by atoms with Gasteiger partial charge in [-0.15, -0.1) is 0 Å². The molecule has 0 aliphatic heterocycles. The Kier molecular flexibility index (Phi) is 5.26. The number of nitrogens with one attached hydrogen (secondary N) is 2. The molecule has 0 atom stereocenters. The molecule has 0 unspecified atom stereocenters. The van der Waals surface area contributed by atoms with Gasteiger partial charge in [-0.05, 0) is 42.0 Å². The summed E-state index contributed by atoms with van der Waals surface area (Å²) in [6.45, 7) is 0.335. The lowest BCUT2D eigenvalue weighted by molar-refractivity contribution is 0.0950. The predicted molar refractivity (Wildman–Crippen MR) is 96.5 cm³/mol. The van der Waals surface area contributed by atoms with Gasteiger partial charge in [-0.2, -0.15) is 0 Å². The van der Waals surface area contributed by atoms with E-state index in [0.717, 1.165) is 5.56 Å². The van der Waals surface area contributed by atoms with Crippen molar-refractivity contribution in [1.29, 1.82) is 0 Å². The molecule has 4 nitrogen and oxygen atoms in total. The third kappa shape index (κ3) is 4.55. The fourth-order valence-electron chi connectivity index (χ4n) is 2.24. The van der Waals surface area contributed by atoms with Crippen LogP contribution in [0.1, 0.15) is 15.9 Å². The van der Waals surface area contributed by atoms with Crippen LogP contribution in [0.25, 0.3) is 0 Å². The maximum Gasteiger partial charge on any atom is 0.253 e. The second kappa shape index (κ2) is 7.77. The molecular formula is C19H15ClFN3O. The number of amides is 1. The van der Waals surface area contributed by atoms with Gasteiger partial charge in [-0.25, -0.2) is 9.37 Å². The van der Waals surface area contributed by atoms with E-state index in [4.69, 9.17) is 11.6 Å². The highest BCUT2D eigenvalue weighted by atomic mass is 35.5. The van der Waals surface area contributed by atoms with Gasteiger partial charge in [0, 0.05) is 23.5 Å². The van der Waals surface area contributed by atoms with Gasteiger partial charge >= 0.3 is 0 Å². The van der Waals surface area contributed by atoms with Crippen molar-refractivity contribution in [1.82, 2.24) is 10.3 Å². The van der Waals surface area contributed by atoms with Crippen molar-refractivity contribution in [3.05, 3.63) is 88.8 Å². The van der Waals surface area contributed by atoms with Crippen LogP contribution in [0.2, 0.25) is 5.02 Å². The largest absolute Gasteiger partial charge is 0.348 e. The quantitative estimate of drug-likeness (QED) is 0.706. The minimum Gasteiger partial charge on any atom is -0.348 e. The molecule has 1 heterocycles. The zero-order valence-electron chi connectivity index (χ0n) is 13.2. The number of pyridine rings is 1. The first kappa shape index (κ1) is 16.9. The Morgan fingerprint density at radius 1 is 1.08 bits per heavy atom. The second-order valence-corrected chi connectivity index (χ2v) is 5.75. The minimum absolute atomic E-state index is 0.246. The molecule has 25 heavy (non-hydrogen) atoms. The molecule has 1 aromatic heterocycles. The molecule has 1 amide bonds. The van der Waals surface area contributed by atoms with Crippen LogP contribution in [-0.4, -0.2) is 10.9 Å². The lowest BCUT2D eigenvalue weighted by Gasteiger charge is -2.08. The van der Waals surface area contributed by atoms with Crippen LogP contribution in [0.15, 0.2) is 66.9 Å². The average molecular weight is 356 g/mol. The van der Waals surface area contributed by atoms with E-state index in [1.54, 1.807) is 30.3 Å². The highest BCUT2D eigenvalue weighted by Gasteiger charge is 2.07. The Balaban J connectivity index is 1.61. The predicted octanol–water partition coefficient (Wildman–Crippen LogP) is 4.55. The van der Waals surface area contributed by atoms with E-state index in [1.165, 1.54) is 18.3 Å². The van der Waals surface area contributed by atoms with Crippen LogP contribution >= 0.6 is 11.6 Å². The summed E-state index contributed by atoms with van der Waals surface area (Å²) < 4.78 is 13.2. The SMILES string of the molecule is O=C(NCc1ccccc1Cl)c1ccc(Nc2cccc(F)c2)nc1. The van der Waals surface area contributed by atoms with Gasteiger partial charge in [0.15, 0.2) is 0 Å². The number of nitrogens with zero attached hydrogens (tertiary/aromatic N) is 1. The van der Waals surface area contributed by atoms with Crippen molar-refractivity contribution in [2.45, 2.75) is 6.54 Å². The molecule has 0 aliphatic carbocycles. The Hall–Kier alpha value is -2.92. The fourth-order valence-corrected chi connectivity index (χ4v) is 2.44. The smallest absolute Gasteiger partial charge is 0.253 e. The number of hydrogen-bond acceptors (Lipinski definition) is 3. The second-order valence-electron chi connectivity index (χ2n) is 5.34. The Morgan fingerprint density at radius 2 is 1.92 bits per heavy atom. The van der Waals surface area contributed by atoms with E-state index < -0.39 is 0 Å². The zero-order chi connectivity index (χ0) is 17.6. The molecule has 0 bridgehead atoms. The van der Waals surface area contributed by atoms with Crippen molar-refractivity contribution in [3.63, 3.8) is 0 Å². The van der Waals surface area contributed by atoms with E-state index in [1.807, 2.05) is 18.2 Å². The van der Waals surface area contributed by atoms with E-state index in [9.17, 15) is 9.18 Å². The number of carbonyl (C=O) groups excluding carboxylic acids is 1. The number of carbonyl (C=O) groups is 1. The number of halogens is 2. The molecule has 3 aromatic rings. The van der Waals surface area contributed by atoms with Gasteiger partial charge in [0.25, 0.3) is 5.91 Å². The molecule has 3 rings (SSSR count). The molecule has 0 aliphatic rings. The van der Waals surface area contributed by atoms with Gasteiger partial charge in [0.1, 0.15) is 11.6 Å². The monoisotopic (exact) mass is 355 g/mol. The molecule has 6 heteroatoms. The van der Waals surface area contributed by atoms with Crippen molar-refractivity contribution in [2.24, 2.45) is 0 Å². The van der Waals surface area contributed by atoms with E-state index >= 15 is 0 Å². The maximum absolute atomic E-state index is 13.2. The standard InChI is InChI=1S/C19H15ClFN3O/c20-17-7-2-1-4-13(17)11-23-19(25)14-8-9-18(22-12-14)24-16-6-3-5-15(21)10-16/h1-10,12H,11H2,(H,22,24)(H,23,25). The van der Waals surface area contributed by atoms with E-state index in [2.05, 4.69) is 15.6 Å². The molecule has 0 saturated heterocycles. The van der Waals surface area contributed by atoms with Gasteiger partial charge in [-0.1, -0.05) is 35.9 Å². The number of hydrogen-bond donors (Lipinski definition) is 2. The number of benzene rings is 2. The van der Waals surface area contributed by atoms with Crippen LogP contribution < -0.4 is 10.6 Å². The normalized spacial score (nSPS) is 10.3. The average Bonchev–Trinajstić information content (AvgIpc) is 2.61. The third-order valence-corrected chi connectivity index (χ3v) is 3.89. The Bertz CT molecular complexity index is 884. The van der Waals surface area contributed by atoms with Gasteiger partial charge < -0.3 is 10.6 Å². The summed E-state index contributed by atoms with van der Waals surface area (Å²) in [5.41, 5.74) is 1.86. The molecule has 0 saturated carbocycles. The van der Waals surface area contributed by atoms with Crippen molar-refractivity contribution in [2.75, 3.05) is 5.32 Å². The summed E-state index contributed by atoms with van der Waals surface area (Å²) in [4.78, 5) is 16.4. The highest BCUT2D eigenvalue weighted by molar-refractivity contribution is 6.31. The molecule has 0 spiro atoms. The summed E-state index contributed by atoms with van der Waals surface area (Å²) in [5, 5.41) is 6.38. The lowest BCUT2D eigenvalue weighted by Crippen LogP contribution is -2.23. The van der Waals surface area contributed by atoms with Crippen molar-refractivity contribution < 1.29 is 9.18 Å². The van der Waals surface area contributed by atoms with Crippen LogP contribution in [0.3, 0.4) is 0 Å². The van der Waals surface area contributed by atoms with Crippen LogP contribution in [0, 0.1) is 5.82 Å². The molecular weight excluding hydrogens is 341 g/mol. The first-order valence-electron chi connectivity index (χ1n) is 7.62.